The zero-order chi connectivity index (χ0) is 13.9. The van der Waals surface area contributed by atoms with Crippen molar-refractivity contribution < 1.29 is 17.9 Å². The maximum atomic E-state index is 12.5. The van der Waals surface area contributed by atoms with Crippen molar-refractivity contribution >= 4 is 11.4 Å². The molecule has 1 aromatic rings. The minimum absolute atomic E-state index is 0.127. The predicted octanol–water partition coefficient (Wildman–Crippen LogP) is 3.13. The molecule has 0 aliphatic carbocycles. The van der Waals surface area contributed by atoms with Crippen LogP contribution in [0.15, 0.2) is 18.2 Å². The lowest BCUT2D eigenvalue weighted by Crippen LogP contribution is -2.23. The molecule has 1 aliphatic rings. The van der Waals surface area contributed by atoms with Crippen molar-refractivity contribution in [1.29, 1.82) is 0 Å². The summed E-state index contributed by atoms with van der Waals surface area (Å²) in [7, 11) is 0. The van der Waals surface area contributed by atoms with Crippen LogP contribution in [0.4, 0.5) is 24.5 Å². The Kier molecular flexibility index (Phi) is 4.19. The highest BCUT2D eigenvalue weighted by Gasteiger charge is 2.30. The standard InChI is InChI=1S/C13H17F3N2O/c14-13(15,16)10-1-2-12(11(17)7-10)18-8-9-3-5-19-6-4-9/h1-2,7,9,18H,3-6,8,17H2. The lowest BCUT2D eigenvalue weighted by Gasteiger charge is -2.23. The van der Waals surface area contributed by atoms with E-state index in [-0.39, 0.29) is 5.69 Å². The third-order valence-electron chi connectivity index (χ3n) is 3.30. The quantitative estimate of drug-likeness (QED) is 0.832. The van der Waals surface area contributed by atoms with E-state index in [4.69, 9.17) is 10.5 Å². The molecule has 1 aliphatic heterocycles. The molecule has 1 aromatic carbocycles. The summed E-state index contributed by atoms with van der Waals surface area (Å²) < 4.78 is 42.7. The minimum atomic E-state index is -4.35. The number of anilines is 2. The van der Waals surface area contributed by atoms with Crippen LogP contribution in [-0.4, -0.2) is 19.8 Å². The minimum Gasteiger partial charge on any atom is -0.397 e. The van der Waals surface area contributed by atoms with Gasteiger partial charge < -0.3 is 15.8 Å². The third-order valence-corrected chi connectivity index (χ3v) is 3.30. The van der Waals surface area contributed by atoms with Crippen LogP contribution in [0.1, 0.15) is 18.4 Å². The molecule has 1 heterocycles. The van der Waals surface area contributed by atoms with Crippen LogP contribution in [0.3, 0.4) is 0 Å². The molecule has 0 aromatic heterocycles. The van der Waals surface area contributed by atoms with Gasteiger partial charge in [-0.1, -0.05) is 0 Å². The van der Waals surface area contributed by atoms with Crippen molar-refractivity contribution in [3.05, 3.63) is 23.8 Å². The summed E-state index contributed by atoms with van der Waals surface area (Å²) in [6.07, 6.45) is -2.42. The molecule has 0 unspecified atom stereocenters. The first kappa shape index (κ1) is 14.0. The Balaban J connectivity index is 1.97. The SMILES string of the molecule is Nc1cc(C(F)(F)F)ccc1NCC1CCOCC1. The van der Waals surface area contributed by atoms with Crippen LogP contribution in [0.25, 0.3) is 0 Å². The summed E-state index contributed by atoms with van der Waals surface area (Å²) in [4.78, 5) is 0. The van der Waals surface area contributed by atoms with Gasteiger partial charge in [-0.3, -0.25) is 0 Å². The van der Waals surface area contributed by atoms with Gasteiger partial charge in [0, 0.05) is 19.8 Å². The number of ether oxygens (including phenoxy) is 1. The van der Waals surface area contributed by atoms with E-state index in [1.165, 1.54) is 6.07 Å². The fourth-order valence-corrected chi connectivity index (χ4v) is 2.10. The largest absolute Gasteiger partial charge is 0.416 e. The molecular weight excluding hydrogens is 257 g/mol. The molecule has 1 fully saturated rings. The predicted molar refractivity (Wildman–Crippen MR) is 67.9 cm³/mol. The summed E-state index contributed by atoms with van der Waals surface area (Å²) in [6.45, 7) is 2.20. The van der Waals surface area contributed by atoms with E-state index < -0.39 is 11.7 Å². The van der Waals surface area contributed by atoms with E-state index >= 15 is 0 Å². The molecule has 3 nitrogen and oxygen atoms in total. The van der Waals surface area contributed by atoms with Crippen molar-refractivity contribution in [3.8, 4) is 0 Å². The first-order chi connectivity index (χ1) is 8.97. The molecule has 1 saturated heterocycles. The second kappa shape index (κ2) is 5.69. The number of benzene rings is 1. The number of hydrogen-bond acceptors (Lipinski definition) is 3. The molecule has 0 bridgehead atoms. The van der Waals surface area contributed by atoms with Crippen LogP contribution in [-0.2, 0) is 10.9 Å². The molecular formula is C13H17F3N2O. The molecule has 0 spiro atoms. The van der Waals surface area contributed by atoms with Crippen LogP contribution in [0.5, 0.6) is 0 Å². The van der Waals surface area contributed by atoms with Crippen LogP contribution >= 0.6 is 0 Å². The summed E-state index contributed by atoms with van der Waals surface area (Å²) in [5.41, 5.74) is 5.61. The van der Waals surface area contributed by atoms with Crippen LogP contribution in [0, 0.1) is 5.92 Å². The zero-order valence-corrected chi connectivity index (χ0v) is 10.5. The maximum Gasteiger partial charge on any atom is 0.416 e. The average Bonchev–Trinajstić information content (AvgIpc) is 2.37. The van der Waals surface area contributed by atoms with Gasteiger partial charge in [-0.2, -0.15) is 13.2 Å². The highest BCUT2D eigenvalue weighted by Crippen LogP contribution is 2.33. The molecule has 6 heteroatoms. The van der Waals surface area contributed by atoms with Gasteiger partial charge in [0.15, 0.2) is 0 Å². The Morgan fingerprint density at radius 1 is 1.26 bits per heavy atom. The Morgan fingerprint density at radius 3 is 2.53 bits per heavy atom. The molecule has 19 heavy (non-hydrogen) atoms. The van der Waals surface area contributed by atoms with Gasteiger partial charge in [0.05, 0.1) is 16.9 Å². The highest BCUT2D eigenvalue weighted by atomic mass is 19.4. The molecule has 0 amide bonds. The smallest absolute Gasteiger partial charge is 0.397 e. The van der Waals surface area contributed by atoms with E-state index in [9.17, 15) is 13.2 Å². The van der Waals surface area contributed by atoms with Crippen molar-refractivity contribution in [2.24, 2.45) is 5.92 Å². The van der Waals surface area contributed by atoms with Crippen LogP contribution in [0.2, 0.25) is 0 Å². The molecule has 0 saturated carbocycles. The van der Waals surface area contributed by atoms with Crippen molar-refractivity contribution in [3.63, 3.8) is 0 Å². The monoisotopic (exact) mass is 274 g/mol. The molecule has 106 valence electrons. The maximum absolute atomic E-state index is 12.5. The van der Waals surface area contributed by atoms with Gasteiger partial charge in [-0.25, -0.2) is 0 Å². The lowest BCUT2D eigenvalue weighted by molar-refractivity contribution is -0.137. The Labute approximate surface area is 109 Å². The van der Waals surface area contributed by atoms with Gasteiger partial charge in [-0.15, -0.1) is 0 Å². The molecule has 3 N–H and O–H groups in total. The van der Waals surface area contributed by atoms with Crippen molar-refractivity contribution in [2.45, 2.75) is 19.0 Å². The first-order valence-electron chi connectivity index (χ1n) is 6.25. The summed E-state index contributed by atoms with van der Waals surface area (Å²) in [5, 5.41) is 3.11. The highest BCUT2D eigenvalue weighted by molar-refractivity contribution is 5.67. The summed E-state index contributed by atoms with van der Waals surface area (Å²) >= 11 is 0. The van der Waals surface area contributed by atoms with Crippen molar-refractivity contribution in [1.82, 2.24) is 0 Å². The van der Waals surface area contributed by atoms with Gasteiger partial charge >= 0.3 is 6.18 Å². The Hall–Kier alpha value is -1.43. The summed E-state index contributed by atoms with van der Waals surface area (Å²) in [5.74, 6) is 0.482. The Bertz CT molecular complexity index is 428. The number of alkyl halides is 3. The second-order valence-electron chi connectivity index (χ2n) is 4.74. The van der Waals surface area contributed by atoms with E-state index in [0.29, 0.717) is 18.2 Å². The van der Waals surface area contributed by atoms with Gasteiger partial charge in [0.1, 0.15) is 0 Å². The third kappa shape index (κ3) is 3.76. The molecule has 0 atom stereocenters. The topological polar surface area (TPSA) is 47.3 Å². The first-order valence-corrected chi connectivity index (χ1v) is 6.25. The number of nitrogen functional groups attached to an aromatic ring is 1. The normalized spacial score (nSPS) is 17.4. The number of rotatable bonds is 3. The van der Waals surface area contributed by atoms with E-state index in [1.54, 1.807) is 0 Å². The second-order valence-corrected chi connectivity index (χ2v) is 4.74. The van der Waals surface area contributed by atoms with Gasteiger partial charge in [0.2, 0.25) is 0 Å². The van der Waals surface area contributed by atoms with Gasteiger partial charge in [-0.05, 0) is 37.0 Å². The Morgan fingerprint density at radius 2 is 1.95 bits per heavy atom. The zero-order valence-electron chi connectivity index (χ0n) is 10.5. The lowest BCUT2D eigenvalue weighted by atomic mass is 10.0. The van der Waals surface area contributed by atoms with Crippen molar-refractivity contribution in [2.75, 3.05) is 30.8 Å². The van der Waals surface area contributed by atoms with Gasteiger partial charge in [0.25, 0.3) is 0 Å². The molecule has 2 rings (SSSR count). The number of nitrogens with two attached hydrogens (primary N) is 1. The van der Waals surface area contributed by atoms with E-state index in [2.05, 4.69) is 5.32 Å². The molecule has 0 radical (unpaired) electrons. The average molecular weight is 274 g/mol. The van der Waals surface area contributed by atoms with E-state index in [1.807, 2.05) is 0 Å². The summed E-state index contributed by atoms with van der Waals surface area (Å²) in [6, 6.07) is 3.40. The van der Waals surface area contributed by atoms with Crippen LogP contribution < -0.4 is 11.1 Å². The fraction of sp³-hybridized carbons (Fsp3) is 0.538. The number of halogens is 3. The number of hydrogen-bond donors (Lipinski definition) is 2. The van der Waals surface area contributed by atoms with E-state index in [0.717, 1.165) is 38.2 Å². The number of nitrogens with one attached hydrogen (secondary N) is 1. The fourth-order valence-electron chi connectivity index (χ4n) is 2.10.